The van der Waals surface area contributed by atoms with Gasteiger partial charge < -0.3 is 5.32 Å². The average molecular weight is 268 g/mol. The van der Waals surface area contributed by atoms with Crippen LogP contribution in [0.2, 0.25) is 5.15 Å². The van der Waals surface area contributed by atoms with Crippen LogP contribution in [0.5, 0.6) is 0 Å². The first-order valence-corrected chi connectivity index (χ1v) is 6.74. The number of nitrogens with one attached hydrogen (secondary N) is 1. The first-order valence-electron chi connectivity index (χ1n) is 6.37. The molecule has 0 atom stereocenters. The number of halogens is 1. The van der Waals surface area contributed by atoms with E-state index < -0.39 is 0 Å². The molecule has 1 aliphatic carbocycles. The van der Waals surface area contributed by atoms with Gasteiger partial charge in [-0.05, 0) is 30.4 Å². The van der Waals surface area contributed by atoms with Crippen LogP contribution in [-0.4, -0.2) is 22.6 Å². The van der Waals surface area contributed by atoms with E-state index in [1.54, 1.807) is 12.1 Å². The highest BCUT2D eigenvalue weighted by Crippen LogP contribution is 2.34. The highest BCUT2D eigenvalue weighted by molar-refractivity contribution is 6.29. The van der Waals surface area contributed by atoms with Crippen molar-refractivity contribution in [3.63, 3.8) is 0 Å². The van der Waals surface area contributed by atoms with Crippen LogP contribution in [-0.2, 0) is 0 Å². The molecule has 1 aromatic rings. The van der Waals surface area contributed by atoms with Gasteiger partial charge in [0.1, 0.15) is 0 Å². The molecule has 5 heteroatoms. The molecule has 1 amide bonds. The minimum atomic E-state index is -0.175. The van der Waals surface area contributed by atoms with E-state index in [0.29, 0.717) is 17.4 Å². The molecule has 0 unspecified atom stereocenters. The van der Waals surface area contributed by atoms with E-state index in [4.69, 9.17) is 11.6 Å². The van der Waals surface area contributed by atoms with Crippen LogP contribution in [0, 0.1) is 5.41 Å². The lowest BCUT2D eigenvalue weighted by atomic mass is 9.76. The Morgan fingerprint density at radius 2 is 2.06 bits per heavy atom. The second kappa shape index (κ2) is 5.65. The van der Waals surface area contributed by atoms with Crippen molar-refractivity contribution in [2.75, 3.05) is 6.54 Å². The van der Waals surface area contributed by atoms with Gasteiger partial charge in [0.05, 0.1) is 0 Å². The molecule has 0 aliphatic heterocycles. The Morgan fingerprint density at radius 3 is 2.67 bits per heavy atom. The molecule has 0 spiro atoms. The Kier molecular flexibility index (Phi) is 4.17. The van der Waals surface area contributed by atoms with Gasteiger partial charge in [0, 0.05) is 6.54 Å². The zero-order valence-electron chi connectivity index (χ0n) is 10.6. The van der Waals surface area contributed by atoms with Gasteiger partial charge in [0.15, 0.2) is 10.8 Å². The first-order chi connectivity index (χ1) is 8.59. The van der Waals surface area contributed by atoms with Crippen molar-refractivity contribution < 1.29 is 4.79 Å². The summed E-state index contributed by atoms with van der Waals surface area (Å²) in [5, 5.41) is 10.7. The van der Waals surface area contributed by atoms with E-state index in [-0.39, 0.29) is 11.3 Å². The van der Waals surface area contributed by atoms with Gasteiger partial charge in [-0.1, -0.05) is 37.8 Å². The van der Waals surface area contributed by atoms with E-state index in [1.165, 1.54) is 32.1 Å². The monoisotopic (exact) mass is 267 g/mol. The van der Waals surface area contributed by atoms with Crippen molar-refractivity contribution in [2.24, 2.45) is 5.41 Å². The summed E-state index contributed by atoms with van der Waals surface area (Å²) < 4.78 is 0. The average Bonchev–Trinajstić information content (AvgIpc) is 2.38. The quantitative estimate of drug-likeness (QED) is 0.916. The molecule has 1 N–H and O–H groups in total. The van der Waals surface area contributed by atoms with Crippen molar-refractivity contribution in [1.29, 1.82) is 0 Å². The van der Waals surface area contributed by atoms with Gasteiger partial charge in [-0.15, -0.1) is 10.2 Å². The molecule has 0 radical (unpaired) electrons. The van der Waals surface area contributed by atoms with Crippen LogP contribution < -0.4 is 5.32 Å². The summed E-state index contributed by atoms with van der Waals surface area (Å²) in [5.74, 6) is -0.175. The molecule has 1 saturated carbocycles. The highest BCUT2D eigenvalue weighted by atomic mass is 35.5. The summed E-state index contributed by atoms with van der Waals surface area (Å²) in [4.78, 5) is 11.9. The van der Waals surface area contributed by atoms with Gasteiger partial charge in [0.2, 0.25) is 0 Å². The van der Waals surface area contributed by atoms with Crippen LogP contribution in [0.25, 0.3) is 0 Å². The van der Waals surface area contributed by atoms with Gasteiger partial charge in [-0.25, -0.2) is 0 Å². The molecule has 98 valence electrons. The van der Waals surface area contributed by atoms with Crippen LogP contribution in [0.1, 0.15) is 49.5 Å². The van der Waals surface area contributed by atoms with E-state index >= 15 is 0 Å². The Bertz CT molecular complexity index is 413. The number of carbonyl (C=O) groups is 1. The smallest absolute Gasteiger partial charge is 0.271 e. The maximum Gasteiger partial charge on any atom is 0.271 e. The third kappa shape index (κ3) is 3.42. The number of hydrogen-bond acceptors (Lipinski definition) is 3. The highest BCUT2D eigenvalue weighted by Gasteiger charge is 2.27. The third-order valence-electron chi connectivity index (χ3n) is 3.60. The van der Waals surface area contributed by atoms with E-state index in [2.05, 4.69) is 22.4 Å². The topological polar surface area (TPSA) is 54.9 Å². The molecule has 1 fully saturated rings. The van der Waals surface area contributed by atoms with Crippen LogP contribution in [0.4, 0.5) is 0 Å². The summed E-state index contributed by atoms with van der Waals surface area (Å²) in [5.41, 5.74) is 0.548. The lowest BCUT2D eigenvalue weighted by Gasteiger charge is -2.33. The van der Waals surface area contributed by atoms with Crippen LogP contribution >= 0.6 is 11.6 Å². The summed E-state index contributed by atoms with van der Waals surface area (Å²) in [7, 11) is 0. The minimum absolute atomic E-state index is 0.175. The van der Waals surface area contributed by atoms with Crippen molar-refractivity contribution >= 4 is 17.5 Å². The summed E-state index contributed by atoms with van der Waals surface area (Å²) >= 11 is 5.63. The summed E-state index contributed by atoms with van der Waals surface area (Å²) in [6, 6.07) is 3.17. The molecule has 4 nitrogen and oxygen atoms in total. The standard InChI is InChI=1S/C13H18ClN3O/c1-13(7-3-2-4-8-13)9-15-12(18)10-5-6-11(14)17-16-10/h5-6H,2-4,7-9H2,1H3,(H,15,18). The SMILES string of the molecule is CC1(CNC(=O)c2ccc(Cl)nn2)CCCCC1. The lowest BCUT2D eigenvalue weighted by molar-refractivity contribution is 0.0913. The Balaban J connectivity index is 1.89. The second-order valence-corrected chi connectivity index (χ2v) is 5.68. The first kappa shape index (κ1) is 13.3. The number of hydrogen-bond donors (Lipinski definition) is 1. The molecular weight excluding hydrogens is 250 g/mol. The van der Waals surface area contributed by atoms with Gasteiger partial charge in [-0.3, -0.25) is 4.79 Å². The number of carbonyl (C=O) groups excluding carboxylic acids is 1. The molecule has 2 rings (SSSR count). The van der Waals surface area contributed by atoms with Gasteiger partial charge in [-0.2, -0.15) is 0 Å². The minimum Gasteiger partial charge on any atom is -0.350 e. The zero-order chi connectivity index (χ0) is 13.0. The van der Waals surface area contributed by atoms with E-state index in [0.717, 1.165) is 0 Å². The summed E-state index contributed by atoms with van der Waals surface area (Å²) in [6.45, 7) is 2.94. The molecule has 0 bridgehead atoms. The van der Waals surface area contributed by atoms with Crippen LogP contribution in [0.3, 0.4) is 0 Å². The number of nitrogens with zero attached hydrogens (tertiary/aromatic N) is 2. The lowest BCUT2D eigenvalue weighted by Crippen LogP contribution is -2.37. The summed E-state index contributed by atoms with van der Waals surface area (Å²) in [6.07, 6.45) is 6.19. The largest absolute Gasteiger partial charge is 0.350 e. The molecule has 0 saturated heterocycles. The Hall–Kier alpha value is -1.16. The zero-order valence-corrected chi connectivity index (χ0v) is 11.3. The molecule has 0 aromatic carbocycles. The molecule has 1 aromatic heterocycles. The molecule has 1 aliphatic rings. The second-order valence-electron chi connectivity index (χ2n) is 5.30. The van der Waals surface area contributed by atoms with Crippen molar-refractivity contribution in [2.45, 2.75) is 39.0 Å². The maximum absolute atomic E-state index is 11.9. The van der Waals surface area contributed by atoms with E-state index in [1.807, 2.05) is 0 Å². The third-order valence-corrected chi connectivity index (χ3v) is 3.80. The predicted octanol–water partition coefficient (Wildman–Crippen LogP) is 2.83. The Morgan fingerprint density at radius 1 is 1.33 bits per heavy atom. The maximum atomic E-state index is 11.9. The number of aromatic nitrogens is 2. The van der Waals surface area contributed by atoms with Gasteiger partial charge >= 0.3 is 0 Å². The fraction of sp³-hybridized carbons (Fsp3) is 0.615. The normalized spacial score (nSPS) is 18.3. The number of amides is 1. The van der Waals surface area contributed by atoms with E-state index in [9.17, 15) is 4.79 Å². The fourth-order valence-corrected chi connectivity index (χ4v) is 2.50. The molecule has 18 heavy (non-hydrogen) atoms. The molecule has 1 heterocycles. The fourth-order valence-electron chi connectivity index (χ4n) is 2.40. The number of rotatable bonds is 3. The predicted molar refractivity (Wildman–Crippen MR) is 70.6 cm³/mol. The molecular formula is C13H18ClN3O. The Labute approximate surface area is 112 Å². The van der Waals surface area contributed by atoms with Crippen molar-refractivity contribution in [1.82, 2.24) is 15.5 Å². The van der Waals surface area contributed by atoms with Crippen LogP contribution in [0.15, 0.2) is 12.1 Å². The van der Waals surface area contributed by atoms with Crippen molar-refractivity contribution in [3.8, 4) is 0 Å². The van der Waals surface area contributed by atoms with Gasteiger partial charge in [0.25, 0.3) is 5.91 Å². The van der Waals surface area contributed by atoms with Crippen molar-refractivity contribution in [3.05, 3.63) is 23.0 Å².